The highest BCUT2D eigenvalue weighted by atomic mass is 16.1. The van der Waals surface area contributed by atoms with Gasteiger partial charge in [-0.25, -0.2) is 4.98 Å². The SMILES string of the molecule is CCc1nccn1-c1ccc(C(=O)NC)cc1N. The lowest BCUT2D eigenvalue weighted by molar-refractivity contribution is 0.0963. The molecule has 0 atom stereocenters. The summed E-state index contributed by atoms with van der Waals surface area (Å²) in [6.45, 7) is 2.04. The molecule has 0 aliphatic heterocycles. The number of nitrogen functional groups attached to an aromatic ring is 1. The molecule has 2 aromatic rings. The Morgan fingerprint density at radius 2 is 2.28 bits per heavy atom. The summed E-state index contributed by atoms with van der Waals surface area (Å²) in [5.41, 5.74) is 7.96. The lowest BCUT2D eigenvalue weighted by atomic mass is 10.1. The van der Waals surface area contributed by atoms with Crippen molar-refractivity contribution in [3.05, 3.63) is 42.0 Å². The van der Waals surface area contributed by atoms with Crippen LogP contribution in [-0.4, -0.2) is 22.5 Å². The second-order valence-electron chi connectivity index (χ2n) is 3.92. The number of carbonyl (C=O) groups is 1. The smallest absolute Gasteiger partial charge is 0.251 e. The quantitative estimate of drug-likeness (QED) is 0.801. The van der Waals surface area contributed by atoms with Gasteiger partial charge in [0.1, 0.15) is 5.82 Å². The zero-order chi connectivity index (χ0) is 13.1. The maximum absolute atomic E-state index is 11.5. The van der Waals surface area contributed by atoms with Crippen LogP contribution in [0.1, 0.15) is 23.1 Å². The molecule has 3 N–H and O–H groups in total. The fourth-order valence-electron chi connectivity index (χ4n) is 1.87. The Morgan fingerprint density at radius 3 is 2.89 bits per heavy atom. The van der Waals surface area contributed by atoms with E-state index < -0.39 is 0 Å². The number of benzene rings is 1. The first-order chi connectivity index (χ1) is 8.67. The second kappa shape index (κ2) is 4.91. The molecule has 0 spiro atoms. The molecule has 94 valence electrons. The highest BCUT2D eigenvalue weighted by Crippen LogP contribution is 2.20. The van der Waals surface area contributed by atoms with Gasteiger partial charge < -0.3 is 15.6 Å². The number of hydrogen-bond donors (Lipinski definition) is 2. The van der Waals surface area contributed by atoms with Gasteiger partial charge in [-0.2, -0.15) is 0 Å². The number of nitrogens with zero attached hydrogens (tertiary/aromatic N) is 2. The van der Waals surface area contributed by atoms with Gasteiger partial charge in [-0.15, -0.1) is 0 Å². The second-order valence-corrected chi connectivity index (χ2v) is 3.92. The average Bonchev–Trinajstić information content (AvgIpc) is 2.85. The molecular formula is C13H16N4O. The van der Waals surface area contributed by atoms with Crippen molar-refractivity contribution in [1.29, 1.82) is 0 Å². The molecule has 5 heteroatoms. The minimum Gasteiger partial charge on any atom is -0.397 e. The first-order valence-electron chi connectivity index (χ1n) is 5.81. The molecule has 0 aliphatic carbocycles. The van der Waals surface area contributed by atoms with Gasteiger partial charge in [0.15, 0.2) is 0 Å². The molecule has 0 saturated heterocycles. The van der Waals surface area contributed by atoms with E-state index in [1.54, 1.807) is 25.4 Å². The molecule has 0 fully saturated rings. The number of imidazole rings is 1. The molecular weight excluding hydrogens is 228 g/mol. The fourth-order valence-corrected chi connectivity index (χ4v) is 1.87. The van der Waals surface area contributed by atoms with Gasteiger partial charge in [0.05, 0.1) is 11.4 Å². The molecule has 0 bridgehead atoms. The minimum atomic E-state index is -0.144. The van der Waals surface area contributed by atoms with E-state index in [1.165, 1.54) is 0 Å². The zero-order valence-electron chi connectivity index (χ0n) is 10.5. The van der Waals surface area contributed by atoms with Crippen molar-refractivity contribution in [3.63, 3.8) is 0 Å². The van der Waals surface area contributed by atoms with Gasteiger partial charge in [-0.05, 0) is 18.2 Å². The van der Waals surface area contributed by atoms with Crippen molar-refractivity contribution in [1.82, 2.24) is 14.9 Å². The van der Waals surface area contributed by atoms with E-state index in [2.05, 4.69) is 10.3 Å². The van der Waals surface area contributed by atoms with Gasteiger partial charge >= 0.3 is 0 Å². The Bertz CT molecular complexity index is 574. The standard InChI is InChI=1S/C13H16N4O/c1-3-12-16-6-7-17(12)11-5-4-9(8-10(11)14)13(18)15-2/h4-8H,3,14H2,1-2H3,(H,15,18). The lowest BCUT2D eigenvalue weighted by Gasteiger charge is -2.11. The van der Waals surface area contributed by atoms with Crippen LogP contribution in [0, 0.1) is 0 Å². The van der Waals surface area contributed by atoms with Gasteiger partial charge in [-0.3, -0.25) is 4.79 Å². The monoisotopic (exact) mass is 244 g/mol. The highest BCUT2D eigenvalue weighted by molar-refractivity contribution is 5.95. The molecule has 0 unspecified atom stereocenters. The summed E-state index contributed by atoms with van der Waals surface area (Å²) in [7, 11) is 1.59. The van der Waals surface area contributed by atoms with Crippen LogP contribution in [0.15, 0.2) is 30.6 Å². The Labute approximate surface area is 106 Å². The molecule has 1 aromatic heterocycles. The summed E-state index contributed by atoms with van der Waals surface area (Å²) < 4.78 is 1.93. The van der Waals surface area contributed by atoms with Crippen molar-refractivity contribution in [2.75, 3.05) is 12.8 Å². The number of amides is 1. The summed E-state index contributed by atoms with van der Waals surface area (Å²) in [5.74, 6) is 0.795. The molecule has 2 rings (SSSR count). The summed E-state index contributed by atoms with van der Waals surface area (Å²) in [6, 6.07) is 5.26. The van der Waals surface area contributed by atoms with Crippen molar-refractivity contribution < 1.29 is 4.79 Å². The van der Waals surface area contributed by atoms with Crippen LogP contribution in [0.5, 0.6) is 0 Å². The van der Waals surface area contributed by atoms with E-state index in [1.807, 2.05) is 23.8 Å². The third-order valence-corrected chi connectivity index (χ3v) is 2.81. The number of nitrogens with two attached hydrogens (primary N) is 1. The van der Waals surface area contributed by atoms with Crippen LogP contribution >= 0.6 is 0 Å². The number of carbonyl (C=O) groups excluding carboxylic acids is 1. The molecule has 18 heavy (non-hydrogen) atoms. The third kappa shape index (κ3) is 2.07. The summed E-state index contributed by atoms with van der Waals surface area (Å²) >= 11 is 0. The Kier molecular flexibility index (Phi) is 3.32. The van der Waals surface area contributed by atoms with E-state index in [9.17, 15) is 4.79 Å². The topological polar surface area (TPSA) is 72.9 Å². The maximum atomic E-state index is 11.5. The number of rotatable bonds is 3. The third-order valence-electron chi connectivity index (χ3n) is 2.81. The van der Waals surface area contributed by atoms with Crippen LogP contribution in [0.2, 0.25) is 0 Å². The normalized spacial score (nSPS) is 10.3. The van der Waals surface area contributed by atoms with Gasteiger partial charge in [0.25, 0.3) is 5.91 Å². The van der Waals surface area contributed by atoms with Crippen molar-refractivity contribution >= 4 is 11.6 Å². The summed E-state index contributed by atoms with van der Waals surface area (Å²) in [4.78, 5) is 15.8. The Hall–Kier alpha value is -2.30. The van der Waals surface area contributed by atoms with Crippen molar-refractivity contribution in [2.24, 2.45) is 0 Å². The molecule has 0 aliphatic rings. The fraction of sp³-hybridized carbons (Fsp3) is 0.231. The molecule has 5 nitrogen and oxygen atoms in total. The van der Waals surface area contributed by atoms with E-state index in [-0.39, 0.29) is 5.91 Å². The van der Waals surface area contributed by atoms with Crippen LogP contribution in [0.25, 0.3) is 5.69 Å². The average molecular weight is 244 g/mol. The Morgan fingerprint density at radius 1 is 1.50 bits per heavy atom. The predicted octanol–water partition coefficient (Wildman–Crippen LogP) is 1.38. The summed E-state index contributed by atoms with van der Waals surface area (Å²) in [5, 5.41) is 2.57. The van der Waals surface area contributed by atoms with Gasteiger partial charge in [0.2, 0.25) is 0 Å². The van der Waals surface area contributed by atoms with Crippen molar-refractivity contribution in [3.8, 4) is 5.69 Å². The molecule has 0 saturated carbocycles. The molecule has 1 heterocycles. The molecule has 1 amide bonds. The van der Waals surface area contributed by atoms with Gasteiger partial charge in [-0.1, -0.05) is 6.92 Å². The predicted molar refractivity (Wildman–Crippen MR) is 70.7 cm³/mol. The first kappa shape index (κ1) is 12.2. The molecule has 0 radical (unpaired) electrons. The lowest BCUT2D eigenvalue weighted by Crippen LogP contribution is -2.18. The zero-order valence-corrected chi connectivity index (χ0v) is 10.5. The van der Waals surface area contributed by atoms with E-state index in [0.29, 0.717) is 11.3 Å². The van der Waals surface area contributed by atoms with Crippen LogP contribution < -0.4 is 11.1 Å². The Balaban J connectivity index is 2.45. The van der Waals surface area contributed by atoms with Crippen LogP contribution in [0.3, 0.4) is 0 Å². The maximum Gasteiger partial charge on any atom is 0.251 e. The largest absolute Gasteiger partial charge is 0.397 e. The highest BCUT2D eigenvalue weighted by Gasteiger charge is 2.09. The van der Waals surface area contributed by atoms with E-state index in [0.717, 1.165) is 17.9 Å². The van der Waals surface area contributed by atoms with E-state index in [4.69, 9.17) is 5.73 Å². The number of hydrogen-bond acceptors (Lipinski definition) is 3. The van der Waals surface area contributed by atoms with Gasteiger partial charge in [0, 0.05) is 31.4 Å². The number of aromatic nitrogens is 2. The minimum absolute atomic E-state index is 0.144. The van der Waals surface area contributed by atoms with Crippen LogP contribution in [-0.2, 0) is 6.42 Å². The first-order valence-corrected chi connectivity index (χ1v) is 5.81. The van der Waals surface area contributed by atoms with E-state index >= 15 is 0 Å². The number of nitrogens with one attached hydrogen (secondary N) is 1. The number of anilines is 1. The number of aryl methyl sites for hydroxylation is 1. The summed E-state index contributed by atoms with van der Waals surface area (Å²) in [6.07, 6.45) is 4.43. The van der Waals surface area contributed by atoms with Crippen molar-refractivity contribution in [2.45, 2.75) is 13.3 Å². The van der Waals surface area contributed by atoms with Crippen LogP contribution in [0.4, 0.5) is 5.69 Å². The molecule has 1 aromatic carbocycles.